The minimum absolute atomic E-state index is 0.102. The number of carbonyl (C=O) groups is 1. The molecule has 0 spiro atoms. The summed E-state index contributed by atoms with van der Waals surface area (Å²) in [7, 11) is -3.45. The fourth-order valence-electron chi connectivity index (χ4n) is 5.66. The Labute approximate surface area is 187 Å². The molecule has 1 aromatic carbocycles. The first-order valence-electron chi connectivity index (χ1n) is 10.7. The van der Waals surface area contributed by atoms with Crippen molar-refractivity contribution in [1.82, 2.24) is 15.1 Å². The van der Waals surface area contributed by atoms with Crippen LogP contribution in [-0.2, 0) is 20.0 Å². The lowest BCUT2D eigenvalue weighted by Crippen LogP contribution is -2.49. The summed E-state index contributed by atoms with van der Waals surface area (Å²) >= 11 is 0. The summed E-state index contributed by atoms with van der Waals surface area (Å²) in [5, 5.41) is 8.63. The SMILES string of the molecule is CCN(C[C@@]12CC[C@@H](c3cc(-c4c(F)cccc4F)nnc31)C2(C)C)C(=O)CS(C)(=O)=O. The topological polar surface area (TPSA) is 80.2 Å². The number of fused-ring (bicyclic) bond motifs is 5. The molecule has 172 valence electrons. The van der Waals surface area contributed by atoms with Gasteiger partial charge in [-0.3, -0.25) is 4.79 Å². The molecular weight excluding hydrogens is 436 g/mol. The van der Waals surface area contributed by atoms with Crippen molar-refractivity contribution in [1.29, 1.82) is 0 Å². The van der Waals surface area contributed by atoms with E-state index < -0.39 is 38.5 Å². The average molecular weight is 464 g/mol. The lowest BCUT2D eigenvalue weighted by atomic mass is 9.68. The van der Waals surface area contributed by atoms with E-state index in [2.05, 4.69) is 24.0 Å². The predicted molar refractivity (Wildman–Crippen MR) is 117 cm³/mol. The maximum absolute atomic E-state index is 14.3. The number of aromatic nitrogens is 2. The molecule has 4 rings (SSSR count). The molecule has 2 aliphatic carbocycles. The van der Waals surface area contributed by atoms with Crippen molar-refractivity contribution in [3.05, 3.63) is 47.2 Å². The first kappa shape index (κ1) is 22.8. The molecule has 1 aromatic heterocycles. The number of rotatable bonds is 6. The third kappa shape index (κ3) is 3.41. The second-order valence-electron chi connectivity index (χ2n) is 9.50. The molecule has 1 fully saturated rings. The summed E-state index contributed by atoms with van der Waals surface area (Å²) in [6.07, 6.45) is 2.68. The molecule has 0 N–H and O–H groups in total. The molecule has 2 aromatic rings. The lowest BCUT2D eigenvalue weighted by molar-refractivity contribution is -0.129. The second-order valence-corrected chi connectivity index (χ2v) is 11.6. The zero-order chi connectivity index (χ0) is 23.5. The number of likely N-dealkylation sites (N-methyl/N-ethyl adjacent to an activating group) is 1. The number of carbonyl (C=O) groups excluding carboxylic acids is 1. The zero-order valence-electron chi connectivity index (χ0n) is 18.7. The molecule has 0 aliphatic heterocycles. The highest BCUT2D eigenvalue weighted by Gasteiger charge is 2.64. The molecule has 0 radical (unpaired) electrons. The minimum atomic E-state index is -3.45. The van der Waals surface area contributed by atoms with E-state index in [0.717, 1.165) is 30.4 Å². The first-order chi connectivity index (χ1) is 14.9. The van der Waals surface area contributed by atoms with Crippen LogP contribution in [-0.4, -0.2) is 54.5 Å². The normalized spacial score (nSPS) is 23.2. The van der Waals surface area contributed by atoms with Crippen LogP contribution in [0.2, 0.25) is 0 Å². The Balaban J connectivity index is 1.77. The molecule has 2 aliphatic rings. The molecule has 32 heavy (non-hydrogen) atoms. The molecule has 1 heterocycles. The van der Waals surface area contributed by atoms with Gasteiger partial charge < -0.3 is 4.90 Å². The summed E-state index contributed by atoms with van der Waals surface area (Å²) in [6, 6.07) is 5.42. The van der Waals surface area contributed by atoms with Gasteiger partial charge in [-0.25, -0.2) is 17.2 Å². The Hall–Kier alpha value is -2.42. The van der Waals surface area contributed by atoms with Gasteiger partial charge in [0.05, 0.1) is 17.0 Å². The van der Waals surface area contributed by atoms with Crippen molar-refractivity contribution < 1.29 is 22.0 Å². The van der Waals surface area contributed by atoms with Crippen molar-refractivity contribution in [2.24, 2.45) is 5.41 Å². The van der Waals surface area contributed by atoms with Gasteiger partial charge in [0.25, 0.3) is 0 Å². The van der Waals surface area contributed by atoms with Crippen molar-refractivity contribution in [3.8, 4) is 11.3 Å². The molecule has 6 nitrogen and oxygen atoms in total. The fourth-order valence-corrected chi connectivity index (χ4v) is 6.29. The van der Waals surface area contributed by atoms with Crippen LogP contribution in [0.5, 0.6) is 0 Å². The number of benzene rings is 1. The van der Waals surface area contributed by atoms with Crippen LogP contribution in [0, 0.1) is 17.0 Å². The Bertz CT molecular complexity index is 1180. The predicted octanol–water partition coefficient (Wildman–Crippen LogP) is 3.47. The Morgan fingerprint density at radius 3 is 2.47 bits per heavy atom. The maximum Gasteiger partial charge on any atom is 0.237 e. The summed E-state index contributed by atoms with van der Waals surface area (Å²) < 4.78 is 52.0. The van der Waals surface area contributed by atoms with E-state index in [0.29, 0.717) is 13.1 Å². The monoisotopic (exact) mass is 463 g/mol. The third-order valence-corrected chi connectivity index (χ3v) is 8.19. The maximum atomic E-state index is 14.3. The number of amides is 1. The Kier molecular flexibility index (Phi) is 5.39. The largest absolute Gasteiger partial charge is 0.341 e. The highest BCUT2D eigenvalue weighted by Crippen LogP contribution is 2.67. The third-order valence-electron chi connectivity index (χ3n) is 7.42. The number of halogens is 2. The Morgan fingerprint density at radius 1 is 1.22 bits per heavy atom. The van der Waals surface area contributed by atoms with Crippen LogP contribution >= 0.6 is 0 Å². The van der Waals surface area contributed by atoms with Gasteiger partial charge in [0, 0.05) is 24.8 Å². The van der Waals surface area contributed by atoms with Crippen molar-refractivity contribution >= 4 is 15.7 Å². The van der Waals surface area contributed by atoms with E-state index in [-0.39, 0.29) is 22.6 Å². The summed E-state index contributed by atoms with van der Waals surface area (Å²) in [5.74, 6) is -2.26. The first-order valence-corrected chi connectivity index (χ1v) is 12.8. The fraction of sp³-hybridized carbons (Fsp3) is 0.522. The van der Waals surface area contributed by atoms with E-state index in [1.807, 2.05) is 6.92 Å². The summed E-state index contributed by atoms with van der Waals surface area (Å²) in [5.41, 5.74) is 0.810. The van der Waals surface area contributed by atoms with Gasteiger partial charge in [0.15, 0.2) is 9.84 Å². The van der Waals surface area contributed by atoms with Crippen LogP contribution in [0.1, 0.15) is 50.8 Å². The molecule has 2 atom stereocenters. The molecule has 1 saturated carbocycles. The lowest BCUT2D eigenvalue weighted by Gasteiger charge is -2.41. The standard InChI is InChI=1S/C23H27F2N3O3S/c1-5-28(19(29)12-32(4,30)31)13-23-10-9-15(22(23,2)3)14-11-18(26-27-21(14)23)20-16(24)7-6-8-17(20)25/h6-8,11,15H,5,9-10,12-13H2,1-4H3/t15-,23-/m0/s1. The molecule has 0 unspecified atom stereocenters. The number of nitrogens with zero attached hydrogens (tertiary/aromatic N) is 3. The number of sulfone groups is 1. The quantitative estimate of drug-likeness (QED) is 0.655. The van der Waals surface area contributed by atoms with Gasteiger partial charge in [-0.05, 0) is 54.9 Å². The molecule has 1 amide bonds. The van der Waals surface area contributed by atoms with E-state index >= 15 is 0 Å². The van der Waals surface area contributed by atoms with E-state index in [1.54, 1.807) is 11.0 Å². The van der Waals surface area contributed by atoms with Crippen LogP contribution in [0.4, 0.5) is 8.78 Å². The van der Waals surface area contributed by atoms with Gasteiger partial charge >= 0.3 is 0 Å². The van der Waals surface area contributed by atoms with Crippen LogP contribution in [0.3, 0.4) is 0 Å². The number of hydrogen-bond acceptors (Lipinski definition) is 5. The average Bonchev–Trinajstić information content (AvgIpc) is 3.05. The highest BCUT2D eigenvalue weighted by molar-refractivity contribution is 7.91. The van der Waals surface area contributed by atoms with E-state index in [4.69, 9.17) is 0 Å². The van der Waals surface area contributed by atoms with Crippen LogP contribution in [0.25, 0.3) is 11.3 Å². The smallest absolute Gasteiger partial charge is 0.237 e. The second kappa shape index (κ2) is 7.57. The van der Waals surface area contributed by atoms with Crippen molar-refractivity contribution in [3.63, 3.8) is 0 Å². The van der Waals surface area contributed by atoms with E-state index in [9.17, 15) is 22.0 Å². The van der Waals surface area contributed by atoms with Gasteiger partial charge in [0.1, 0.15) is 17.4 Å². The van der Waals surface area contributed by atoms with Crippen molar-refractivity contribution in [2.45, 2.75) is 44.9 Å². The van der Waals surface area contributed by atoms with Gasteiger partial charge in [0.2, 0.25) is 5.91 Å². The molecule has 2 bridgehead atoms. The van der Waals surface area contributed by atoms with E-state index in [1.165, 1.54) is 18.2 Å². The van der Waals surface area contributed by atoms with Crippen LogP contribution < -0.4 is 0 Å². The van der Waals surface area contributed by atoms with Crippen molar-refractivity contribution in [2.75, 3.05) is 25.1 Å². The molecule has 9 heteroatoms. The highest BCUT2D eigenvalue weighted by atomic mass is 32.2. The molecule has 0 saturated heterocycles. The summed E-state index contributed by atoms with van der Waals surface area (Å²) in [6.45, 7) is 6.76. The Morgan fingerprint density at radius 2 is 1.88 bits per heavy atom. The minimum Gasteiger partial charge on any atom is -0.341 e. The van der Waals surface area contributed by atoms with Gasteiger partial charge in [-0.2, -0.15) is 10.2 Å². The van der Waals surface area contributed by atoms with Gasteiger partial charge in [-0.1, -0.05) is 19.9 Å². The number of hydrogen-bond donors (Lipinski definition) is 0. The molecular formula is C23H27F2N3O3S. The van der Waals surface area contributed by atoms with Gasteiger partial charge in [-0.15, -0.1) is 0 Å². The summed E-state index contributed by atoms with van der Waals surface area (Å²) in [4.78, 5) is 14.3. The zero-order valence-corrected chi connectivity index (χ0v) is 19.5. The van der Waals surface area contributed by atoms with Crippen LogP contribution in [0.15, 0.2) is 24.3 Å².